The molecule has 17 heavy (non-hydrogen) atoms. The van der Waals surface area contributed by atoms with Crippen molar-refractivity contribution in [3.05, 3.63) is 29.3 Å². The molecule has 1 atom stereocenters. The summed E-state index contributed by atoms with van der Waals surface area (Å²) in [6, 6.07) is 7.23. The van der Waals surface area contributed by atoms with Gasteiger partial charge in [-0.3, -0.25) is 4.68 Å². The molecule has 0 amide bonds. The number of hydrogen-bond donors (Lipinski definition) is 1. The predicted molar refractivity (Wildman–Crippen MR) is 73.4 cm³/mol. The average Bonchev–Trinajstić information content (AvgIpc) is 2.95. The molecule has 0 aliphatic heterocycles. The maximum Gasteiger partial charge on any atom is 0.102 e. The van der Waals surface area contributed by atoms with Crippen LogP contribution >= 0.6 is 11.3 Å². The minimum Gasteiger partial charge on any atom is -0.313 e. The van der Waals surface area contributed by atoms with E-state index in [0.29, 0.717) is 12.1 Å². The molecule has 0 aliphatic rings. The van der Waals surface area contributed by atoms with Crippen molar-refractivity contribution in [1.29, 1.82) is 0 Å². The second-order valence-corrected chi connectivity index (χ2v) is 5.60. The van der Waals surface area contributed by atoms with E-state index in [9.17, 15) is 0 Å². The molecule has 0 bridgehead atoms. The molecule has 4 heteroatoms. The standard InChI is InChI=1S/C13H19N3S/c1-9(2)16-8-7-11(15-16)13-6-5-12(17-13)10(3)14-4/h5-10,14H,1-4H3. The summed E-state index contributed by atoms with van der Waals surface area (Å²) in [5.74, 6) is 0. The van der Waals surface area contributed by atoms with Crippen LogP contribution in [-0.2, 0) is 0 Å². The maximum absolute atomic E-state index is 4.59. The summed E-state index contributed by atoms with van der Waals surface area (Å²) in [5.41, 5.74) is 1.07. The van der Waals surface area contributed by atoms with Crippen LogP contribution in [0.15, 0.2) is 24.4 Å². The van der Waals surface area contributed by atoms with E-state index in [-0.39, 0.29) is 0 Å². The average molecular weight is 249 g/mol. The fraction of sp³-hybridized carbons (Fsp3) is 0.462. The zero-order chi connectivity index (χ0) is 12.4. The molecule has 2 aromatic heterocycles. The van der Waals surface area contributed by atoms with Gasteiger partial charge < -0.3 is 5.32 Å². The Morgan fingerprint density at radius 2 is 2.00 bits per heavy atom. The smallest absolute Gasteiger partial charge is 0.102 e. The van der Waals surface area contributed by atoms with Crippen LogP contribution in [0.3, 0.4) is 0 Å². The zero-order valence-corrected chi connectivity index (χ0v) is 11.6. The van der Waals surface area contributed by atoms with Crippen molar-refractivity contribution in [3.63, 3.8) is 0 Å². The first-order valence-corrected chi connectivity index (χ1v) is 6.76. The third-order valence-corrected chi connectivity index (χ3v) is 4.17. The Morgan fingerprint density at radius 1 is 1.24 bits per heavy atom. The van der Waals surface area contributed by atoms with Gasteiger partial charge in [-0.15, -0.1) is 11.3 Å². The number of nitrogens with zero attached hydrogens (tertiary/aromatic N) is 2. The van der Waals surface area contributed by atoms with Gasteiger partial charge in [0.2, 0.25) is 0 Å². The Kier molecular flexibility index (Phi) is 3.64. The highest BCUT2D eigenvalue weighted by Gasteiger charge is 2.10. The molecule has 0 fully saturated rings. The minimum atomic E-state index is 0.404. The highest BCUT2D eigenvalue weighted by molar-refractivity contribution is 7.15. The van der Waals surface area contributed by atoms with E-state index in [1.54, 1.807) is 11.3 Å². The lowest BCUT2D eigenvalue weighted by atomic mass is 10.3. The van der Waals surface area contributed by atoms with Crippen LogP contribution in [0.25, 0.3) is 10.6 Å². The highest BCUT2D eigenvalue weighted by atomic mass is 32.1. The molecule has 0 aliphatic carbocycles. The van der Waals surface area contributed by atoms with Gasteiger partial charge in [0.1, 0.15) is 5.69 Å². The van der Waals surface area contributed by atoms with Crippen molar-refractivity contribution in [3.8, 4) is 10.6 Å². The molecule has 3 nitrogen and oxygen atoms in total. The normalized spacial score (nSPS) is 13.2. The van der Waals surface area contributed by atoms with E-state index < -0.39 is 0 Å². The second kappa shape index (κ2) is 5.02. The van der Waals surface area contributed by atoms with Crippen molar-refractivity contribution in [2.75, 3.05) is 7.05 Å². The largest absolute Gasteiger partial charge is 0.313 e. The number of thiophene rings is 1. The number of aromatic nitrogens is 2. The summed E-state index contributed by atoms with van der Waals surface area (Å²) >= 11 is 1.81. The van der Waals surface area contributed by atoms with Crippen LogP contribution in [0.2, 0.25) is 0 Å². The Balaban J connectivity index is 2.24. The SMILES string of the molecule is CNC(C)c1ccc(-c2ccn(C(C)C)n2)s1. The van der Waals surface area contributed by atoms with E-state index in [0.717, 1.165) is 5.69 Å². The third kappa shape index (κ3) is 2.58. The summed E-state index contributed by atoms with van der Waals surface area (Å²) in [4.78, 5) is 2.59. The summed E-state index contributed by atoms with van der Waals surface area (Å²) in [5, 5.41) is 7.84. The zero-order valence-electron chi connectivity index (χ0n) is 10.8. The van der Waals surface area contributed by atoms with Crippen LogP contribution in [0.4, 0.5) is 0 Å². The van der Waals surface area contributed by atoms with E-state index in [2.05, 4.69) is 49.4 Å². The van der Waals surface area contributed by atoms with Crippen LogP contribution in [-0.4, -0.2) is 16.8 Å². The molecule has 0 aromatic carbocycles. The monoisotopic (exact) mass is 249 g/mol. The van der Waals surface area contributed by atoms with Gasteiger partial charge in [0.15, 0.2) is 0 Å². The number of rotatable bonds is 4. The molecule has 0 spiro atoms. The van der Waals surface area contributed by atoms with Gasteiger partial charge in [-0.25, -0.2) is 0 Å². The predicted octanol–water partition coefficient (Wildman–Crippen LogP) is 3.47. The van der Waals surface area contributed by atoms with Crippen LogP contribution in [0, 0.1) is 0 Å². The summed E-state index contributed by atoms with van der Waals surface area (Å²) in [6.07, 6.45) is 2.04. The first-order valence-electron chi connectivity index (χ1n) is 5.94. The minimum absolute atomic E-state index is 0.404. The molecule has 0 saturated carbocycles. The number of hydrogen-bond acceptors (Lipinski definition) is 3. The first kappa shape index (κ1) is 12.3. The van der Waals surface area contributed by atoms with Crippen LogP contribution in [0.1, 0.15) is 37.7 Å². The van der Waals surface area contributed by atoms with Gasteiger partial charge in [-0.05, 0) is 46.0 Å². The lowest BCUT2D eigenvalue weighted by molar-refractivity contribution is 0.534. The van der Waals surface area contributed by atoms with Crippen molar-refractivity contribution >= 4 is 11.3 Å². The van der Waals surface area contributed by atoms with Gasteiger partial charge in [-0.2, -0.15) is 5.10 Å². The lowest BCUT2D eigenvalue weighted by Gasteiger charge is -2.05. The Bertz CT molecular complexity index is 484. The molecule has 0 saturated heterocycles. The van der Waals surface area contributed by atoms with Crippen LogP contribution < -0.4 is 5.32 Å². The van der Waals surface area contributed by atoms with Crippen molar-refractivity contribution < 1.29 is 0 Å². The molecular formula is C13H19N3S. The fourth-order valence-corrected chi connectivity index (χ4v) is 2.66. The molecule has 0 radical (unpaired) electrons. The Hall–Kier alpha value is -1.13. The van der Waals surface area contributed by atoms with E-state index in [4.69, 9.17) is 0 Å². The topological polar surface area (TPSA) is 29.9 Å². The van der Waals surface area contributed by atoms with Gasteiger partial charge in [0.05, 0.1) is 4.88 Å². The van der Waals surface area contributed by atoms with Crippen molar-refractivity contribution in [1.82, 2.24) is 15.1 Å². The highest BCUT2D eigenvalue weighted by Crippen LogP contribution is 2.30. The summed E-state index contributed by atoms with van der Waals surface area (Å²) in [7, 11) is 1.98. The third-order valence-electron chi connectivity index (χ3n) is 2.88. The van der Waals surface area contributed by atoms with E-state index in [1.165, 1.54) is 9.75 Å². The quantitative estimate of drug-likeness (QED) is 0.899. The molecule has 1 N–H and O–H groups in total. The molecule has 1 unspecified atom stereocenters. The fourth-order valence-electron chi connectivity index (χ4n) is 1.62. The molecule has 92 valence electrons. The van der Waals surface area contributed by atoms with Gasteiger partial charge >= 0.3 is 0 Å². The lowest BCUT2D eigenvalue weighted by Crippen LogP contribution is -2.10. The molecule has 2 rings (SSSR count). The van der Waals surface area contributed by atoms with Gasteiger partial charge in [-0.1, -0.05) is 0 Å². The molecule has 2 aromatic rings. The molecule has 2 heterocycles. The van der Waals surface area contributed by atoms with Crippen LogP contribution in [0.5, 0.6) is 0 Å². The van der Waals surface area contributed by atoms with E-state index in [1.807, 2.05) is 17.9 Å². The van der Waals surface area contributed by atoms with E-state index >= 15 is 0 Å². The van der Waals surface area contributed by atoms with Gasteiger partial charge in [0, 0.05) is 23.2 Å². The number of nitrogens with one attached hydrogen (secondary N) is 1. The van der Waals surface area contributed by atoms with Gasteiger partial charge in [0.25, 0.3) is 0 Å². The Labute approximate surface area is 106 Å². The Morgan fingerprint density at radius 3 is 2.59 bits per heavy atom. The van der Waals surface area contributed by atoms with Crippen molar-refractivity contribution in [2.24, 2.45) is 0 Å². The first-order chi connectivity index (χ1) is 8.11. The molecular weight excluding hydrogens is 230 g/mol. The second-order valence-electron chi connectivity index (χ2n) is 4.49. The summed E-state index contributed by atoms with van der Waals surface area (Å²) < 4.78 is 2.00. The summed E-state index contributed by atoms with van der Waals surface area (Å²) in [6.45, 7) is 6.45. The maximum atomic E-state index is 4.59. The van der Waals surface area contributed by atoms with Crippen molar-refractivity contribution in [2.45, 2.75) is 32.9 Å².